The van der Waals surface area contributed by atoms with Crippen LogP contribution in [0.5, 0.6) is 0 Å². The number of hydrogen-bond donors (Lipinski definition) is 2. The molecule has 0 aliphatic carbocycles. The van der Waals surface area contributed by atoms with Gasteiger partial charge in [0.25, 0.3) is 0 Å². The molecular weight excluding hydrogens is 467 g/mol. The predicted octanol–water partition coefficient (Wildman–Crippen LogP) is 1.79. The van der Waals surface area contributed by atoms with Gasteiger partial charge in [-0.15, -0.1) is 24.0 Å². The van der Waals surface area contributed by atoms with Crippen LogP contribution >= 0.6 is 24.0 Å². The lowest BCUT2D eigenvalue weighted by Gasteiger charge is -2.25. The number of nitrogens with zero attached hydrogens (tertiary/aromatic N) is 2. The molecular formula is C17H29IN4O3S. The van der Waals surface area contributed by atoms with E-state index in [0.717, 1.165) is 24.8 Å². The number of piperidine rings is 1. The third kappa shape index (κ3) is 6.67. The van der Waals surface area contributed by atoms with E-state index < -0.39 is 10.0 Å². The third-order valence-corrected chi connectivity index (χ3v) is 6.07. The summed E-state index contributed by atoms with van der Waals surface area (Å²) in [5, 5.41) is 6.32. The van der Waals surface area contributed by atoms with Crippen molar-refractivity contribution in [1.82, 2.24) is 14.9 Å². The maximum atomic E-state index is 12.6. The van der Waals surface area contributed by atoms with Gasteiger partial charge < -0.3 is 15.4 Å². The molecule has 9 heteroatoms. The molecule has 0 amide bonds. The first-order valence-corrected chi connectivity index (χ1v) is 10.0. The van der Waals surface area contributed by atoms with Crippen molar-refractivity contribution >= 4 is 40.0 Å². The van der Waals surface area contributed by atoms with E-state index in [4.69, 9.17) is 4.74 Å². The van der Waals surface area contributed by atoms with E-state index >= 15 is 0 Å². The number of benzene rings is 1. The average Bonchev–Trinajstić information content (AvgIpc) is 2.65. The number of sulfonamides is 1. The monoisotopic (exact) mass is 496 g/mol. The highest BCUT2D eigenvalue weighted by Crippen LogP contribution is 2.20. The molecule has 1 aromatic carbocycles. The molecule has 0 radical (unpaired) electrons. The normalized spacial score (nSPS) is 16.0. The zero-order chi connectivity index (χ0) is 18.1. The summed E-state index contributed by atoms with van der Waals surface area (Å²) in [5.74, 6) is 0.682. The highest BCUT2D eigenvalue weighted by atomic mass is 127. The fraction of sp³-hybridized carbons (Fsp3) is 0.588. The Morgan fingerprint density at radius 3 is 2.38 bits per heavy atom. The molecule has 1 aromatic rings. The van der Waals surface area contributed by atoms with E-state index in [-0.39, 0.29) is 24.0 Å². The molecule has 148 valence electrons. The van der Waals surface area contributed by atoms with Crippen molar-refractivity contribution < 1.29 is 13.2 Å². The summed E-state index contributed by atoms with van der Waals surface area (Å²) in [5.41, 5.74) is 0.993. The largest absolute Gasteiger partial charge is 0.383 e. The van der Waals surface area contributed by atoms with Crippen LogP contribution in [0.25, 0.3) is 0 Å². The van der Waals surface area contributed by atoms with Crippen LogP contribution in [0.1, 0.15) is 24.8 Å². The maximum absolute atomic E-state index is 12.6. The Balaban J connectivity index is 0.00000338. The molecule has 1 saturated heterocycles. The number of nitrogens with one attached hydrogen (secondary N) is 2. The molecule has 0 spiro atoms. The Morgan fingerprint density at radius 1 is 1.15 bits per heavy atom. The molecule has 0 aromatic heterocycles. The first-order chi connectivity index (χ1) is 12.1. The Morgan fingerprint density at radius 2 is 1.81 bits per heavy atom. The second-order valence-electron chi connectivity index (χ2n) is 5.95. The van der Waals surface area contributed by atoms with Gasteiger partial charge in [0.05, 0.1) is 11.5 Å². The van der Waals surface area contributed by atoms with Gasteiger partial charge >= 0.3 is 0 Å². The number of halogens is 1. The highest BCUT2D eigenvalue weighted by Gasteiger charge is 2.25. The summed E-state index contributed by atoms with van der Waals surface area (Å²) in [7, 11) is -0.0118. The van der Waals surface area contributed by atoms with E-state index in [0.29, 0.717) is 43.6 Å². The van der Waals surface area contributed by atoms with Crippen LogP contribution in [0.4, 0.5) is 0 Å². The van der Waals surface area contributed by atoms with Gasteiger partial charge in [0.1, 0.15) is 0 Å². The first kappa shape index (κ1) is 23.1. The van der Waals surface area contributed by atoms with Crippen LogP contribution in [0, 0.1) is 0 Å². The van der Waals surface area contributed by atoms with Crippen LogP contribution < -0.4 is 10.6 Å². The molecule has 0 unspecified atom stereocenters. The molecule has 7 nitrogen and oxygen atoms in total. The minimum Gasteiger partial charge on any atom is -0.383 e. The van der Waals surface area contributed by atoms with Crippen LogP contribution in [0.3, 0.4) is 0 Å². The van der Waals surface area contributed by atoms with Gasteiger partial charge in [0, 0.05) is 40.3 Å². The van der Waals surface area contributed by atoms with Crippen molar-refractivity contribution in [3.8, 4) is 0 Å². The van der Waals surface area contributed by atoms with Gasteiger partial charge in [0.15, 0.2) is 5.96 Å². The Kier molecular flexibility index (Phi) is 10.4. The van der Waals surface area contributed by atoms with Crippen molar-refractivity contribution in [2.75, 3.05) is 40.4 Å². The molecule has 1 aliphatic rings. The van der Waals surface area contributed by atoms with Crippen LogP contribution in [0.2, 0.25) is 0 Å². The van der Waals surface area contributed by atoms with Gasteiger partial charge in [-0.2, -0.15) is 4.31 Å². The van der Waals surface area contributed by atoms with Gasteiger partial charge in [-0.05, 0) is 30.5 Å². The molecule has 26 heavy (non-hydrogen) atoms. The Labute approximate surface area is 173 Å². The lowest BCUT2D eigenvalue weighted by Crippen LogP contribution is -2.38. The third-order valence-electron chi connectivity index (χ3n) is 4.16. The van der Waals surface area contributed by atoms with Crippen molar-refractivity contribution in [1.29, 1.82) is 0 Å². The van der Waals surface area contributed by atoms with Crippen LogP contribution in [0.15, 0.2) is 34.2 Å². The summed E-state index contributed by atoms with van der Waals surface area (Å²) in [4.78, 5) is 4.49. The number of methoxy groups -OCH3 is 1. The van der Waals surface area contributed by atoms with Gasteiger partial charge in [-0.3, -0.25) is 4.99 Å². The molecule has 0 saturated carbocycles. The zero-order valence-corrected chi connectivity index (χ0v) is 18.5. The minimum atomic E-state index is -3.37. The van der Waals surface area contributed by atoms with E-state index in [9.17, 15) is 8.42 Å². The number of ether oxygens (including phenoxy) is 1. The molecule has 1 heterocycles. The van der Waals surface area contributed by atoms with Crippen molar-refractivity contribution in [2.45, 2.75) is 30.7 Å². The predicted molar refractivity (Wildman–Crippen MR) is 115 cm³/mol. The Hall–Kier alpha value is -0.910. The maximum Gasteiger partial charge on any atom is 0.243 e. The van der Waals surface area contributed by atoms with Crippen LogP contribution in [-0.2, 0) is 21.3 Å². The first-order valence-electron chi connectivity index (χ1n) is 8.60. The molecule has 1 fully saturated rings. The van der Waals surface area contributed by atoms with Crippen molar-refractivity contribution in [2.24, 2.45) is 4.99 Å². The second-order valence-corrected chi connectivity index (χ2v) is 7.89. The summed E-state index contributed by atoms with van der Waals surface area (Å²) in [6, 6.07) is 7.04. The fourth-order valence-corrected chi connectivity index (χ4v) is 4.23. The molecule has 2 N–H and O–H groups in total. The van der Waals surface area contributed by atoms with E-state index in [2.05, 4.69) is 15.6 Å². The fourth-order valence-electron chi connectivity index (χ4n) is 2.71. The highest BCUT2D eigenvalue weighted by molar-refractivity contribution is 14.0. The van der Waals surface area contributed by atoms with Gasteiger partial charge in [0.2, 0.25) is 10.0 Å². The molecule has 0 atom stereocenters. The lowest BCUT2D eigenvalue weighted by molar-refractivity contribution is 0.203. The van der Waals surface area contributed by atoms with Crippen molar-refractivity contribution in [3.05, 3.63) is 29.8 Å². The van der Waals surface area contributed by atoms with E-state index in [1.54, 1.807) is 30.6 Å². The smallest absolute Gasteiger partial charge is 0.243 e. The number of rotatable bonds is 7. The lowest BCUT2D eigenvalue weighted by atomic mass is 10.2. The SMILES string of the molecule is CN=C(NCCOC)NCc1ccc(S(=O)(=O)N2CCCCC2)cc1.I. The minimum absolute atomic E-state index is 0. The number of guanidine groups is 1. The molecule has 2 rings (SSSR count). The molecule has 1 aliphatic heterocycles. The van der Waals surface area contributed by atoms with E-state index in [1.165, 1.54) is 0 Å². The topological polar surface area (TPSA) is 83.0 Å². The number of hydrogen-bond acceptors (Lipinski definition) is 4. The summed E-state index contributed by atoms with van der Waals surface area (Å²) in [6.07, 6.45) is 2.99. The summed E-state index contributed by atoms with van der Waals surface area (Å²) in [6.45, 7) is 3.08. The molecule has 0 bridgehead atoms. The average molecular weight is 496 g/mol. The quantitative estimate of drug-likeness (QED) is 0.260. The second kappa shape index (κ2) is 11.7. The summed E-state index contributed by atoms with van der Waals surface area (Å²) < 4.78 is 31.8. The van der Waals surface area contributed by atoms with Crippen molar-refractivity contribution in [3.63, 3.8) is 0 Å². The zero-order valence-electron chi connectivity index (χ0n) is 15.4. The standard InChI is InChI=1S/C17H28N4O3S.HI/c1-18-17(19-10-13-24-2)20-14-15-6-8-16(9-7-15)25(22,23)21-11-4-3-5-12-21;/h6-9H,3-5,10-14H2,1-2H3,(H2,18,19,20);1H. The van der Waals surface area contributed by atoms with Crippen LogP contribution in [-0.4, -0.2) is 59.1 Å². The summed E-state index contributed by atoms with van der Waals surface area (Å²) >= 11 is 0. The Bertz CT molecular complexity index is 659. The van der Waals surface area contributed by atoms with Gasteiger partial charge in [-0.1, -0.05) is 18.6 Å². The van der Waals surface area contributed by atoms with Gasteiger partial charge in [-0.25, -0.2) is 8.42 Å². The number of aliphatic imine (C=N–C) groups is 1. The van der Waals surface area contributed by atoms with E-state index in [1.807, 2.05) is 12.1 Å².